The summed E-state index contributed by atoms with van der Waals surface area (Å²) in [6, 6.07) is 17.7. The molecule has 2 aliphatic carbocycles. The van der Waals surface area contributed by atoms with Crippen LogP contribution in [0, 0.1) is 23.0 Å². The van der Waals surface area contributed by atoms with Gasteiger partial charge in [0.25, 0.3) is 5.91 Å². The summed E-state index contributed by atoms with van der Waals surface area (Å²) in [4.78, 5) is 28.1. The van der Waals surface area contributed by atoms with Gasteiger partial charge in [0.2, 0.25) is 5.91 Å². The summed E-state index contributed by atoms with van der Waals surface area (Å²) < 4.78 is 27.4. The number of carbonyl (C=O) groups excluding carboxylic acids is 2. The highest BCUT2D eigenvalue weighted by atomic mass is 19.2. The summed E-state index contributed by atoms with van der Waals surface area (Å²) in [5, 5.41) is 13.2. The van der Waals surface area contributed by atoms with E-state index in [4.69, 9.17) is 0 Å². The Bertz CT molecular complexity index is 1510. The lowest BCUT2D eigenvalue weighted by Crippen LogP contribution is -2.27. The van der Waals surface area contributed by atoms with Gasteiger partial charge in [-0.15, -0.1) is 0 Å². The molecule has 1 unspecified atom stereocenters. The van der Waals surface area contributed by atoms with E-state index >= 15 is 0 Å². The van der Waals surface area contributed by atoms with Gasteiger partial charge in [-0.2, -0.15) is 0 Å². The first kappa shape index (κ1) is 27.2. The van der Waals surface area contributed by atoms with E-state index in [9.17, 15) is 23.5 Å². The van der Waals surface area contributed by atoms with Crippen molar-refractivity contribution in [1.82, 2.24) is 4.90 Å². The van der Waals surface area contributed by atoms with Gasteiger partial charge in [0, 0.05) is 29.8 Å². The van der Waals surface area contributed by atoms with Crippen LogP contribution in [0.5, 0.6) is 0 Å². The Morgan fingerprint density at radius 3 is 2.41 bits per heavy atom. The van der Waals surface area contributed by atoms with Crippen molar-refractivity contribution in [1.29, 1.82) is 0 Å². The van der Waals surface area contributed by atoms with Crippen LogP contribution in [-0.4, -0.2) is 21.8 Å². The van der Waals surface area contributed by atoms with Crippen molar-refractivity contribution in [3.8, 4) is 0 Å². The minimum atomic E-state index is -1.02. The molecule has 7 heteroatoms. The standard InChI is InChI=1S/C34H34F2N2O3/c1-21(39)34(13-14-34)18-23-5-4-8-27(15-23)37-32(40)31(24-6-2-3-7-24)25-11-9-22(10-12-25)19-38-20-26-16-29(35)30(36)17-28(26)33(38)41/h4-5,8-12,15-17,24,31,39H,1-3,6-7,13-14,18-20H2,(H,37,40). The van der Waals surface area contributed by atoms with E-state index in [-0.39, 0.29) is 46.9 Å². The van der Waals surface area contributed by atoms with Crippen molar-refractivity contribution in [2.24, 2.45) is 11.3 Å². The van der Waals surface area contributed by atoms with Gasteiger partial charge in [-0.25, -0.2) is 8.78 Å². The topological polar surface area (TPSA) is 69.6 Å². The molecule has 1 heterocycles. The zero-order chi connectivity index (χ0) is 28.7. The highest BCUT2D eigenvalue weighted by Crippen LogP contribution is 2.52. The van der Waals surface area contributed by atoms with E-state index in [1.807, 2.05) is 48.5 Å². The second kappa shape index (κ2) is 10.8. The molecule has 2 amide bonds. The van der Waals surface area contributed by atoms with Crippen LogP contribution in [-0.2, 0) is 24.3 Å². The number of rotatable bonds is 9. The third-order valence-electron chi connectivity index (χ3n) is 9.09. The first-order valence-corrected chi connectivity index (χ1v) is 14.4. The molecule has 212 valence electrons. The molecule has 0 radical (unpaired) electrons. The van der Waals surface area contributed by atoms with Gasteiger partial charge >= 0.3 is 0 Å². The van der Waals surface area contributed by atoms with Gasteiger partial charge in [0.15, 0.2) is 11.6 Å². The van der Waals surface area contributed by atoms with Crippen LogP contribution < -0.4 is 5.32 Å². The van der Waals surface area contributed by atoms with Crippen LogP contribution in [0.4, 0.5) is 14.5 Å². The number of halogens is 2. The maximum absolute atomic E-state index is 13.7. The number of aliphatic hydroxyl groups excluding tert-OH is 1. The third-order valence-corrected chi connectivity index (χ3v) is 9.09. The number of allylic oxidation sites excluding steroid dienone is 1. The molecule has 1 atom stereocenters. The Hall–Kier alpha value is -4.00. The van der Waals surface area contributed by atoms with Gasteiger partial charge in [0.1, 0.15) is 0 Å². The largest absolute Gasteiger partial charge is 0.512 e. The van der Waals surface area contributed by atoms with E-state index in [1.165, 1.54) is 0 Å². The molecule has 0 saturated heterocycles. The number of nitrogens with zero attached hydrogens (tertiary/aromatic N) is 1. The van der Waals surface area contributed by atoms with Crippen molar-refractivity contribution in [2.45, 2.75) is 64.0 Å². The molecule has 0 bridgehead atoms. The highest BCUT2D eigenvalue weighted by molar-refractivity contribution is 5.98. The minimum absolute atomic E-state index is 0.0382. The molecule has 5 nitrogen and oxygen atoms in total. The maximum Gasteiger partial charge on any atom is 0.254 e. The van der Waals surface area contributed by atoms with E-state index in [1.54, 1.807) is 4.90 Å². The molecule has 2 saturated carbocycles. The number of amides is 2. The number of carbonyl (C=O) groups is 2. The molecule has 2 N–H and O–H groups in total. The normalized spacial score (nSPS) is 18.3. The van der Waals surface area contributed by atoms with E-state index in [2.05, 4.69) is 11.9 Å². The van der Waals surface area contributed by atoms with Crippen LogP contribution in [0.2, 0.25) is 0 Å². The molecule has 41 heavy (non-hydrogen) atoms. The van der Waals surface area contributed by atoms with Crippen LogP contribution in [0.3, 0.4) is 0 Å². The number of hydrogen-bond acceptors (Lipinski definition) is 3. The molecule has 3 aromatic carbocycles. The summed E-state index contributed by atoms with van der Waals surface area (Å²) in [7, 11) is 0. The predicted octanol–water partition coefficient (Wildman–Crippen LogP) is 7.43. The number of benzene rings is 3. The second-order valence-corrected chi connectivity index (χ2v) is 11.9. The monoisotopic (exact) mass is 556 g/mol. The number of aliphatic hydroxyl groups is 1. The van der Waals surface area contributed by atoms with Crippen molar-refractivity contribution in [3.63, 3.8) is 0 Å². The first-order valence-electron chi connectivity index (χ1n) is 14.4. The molecule has 0 aromatic heterocycles. The van der Waals surface area contributed by atoms with Gasteiger partial charge in [-0.05, 0) is 84.5 Å². The van der Waals surface area contributed by atoms with Gasteiger partial charge < -0.3 is 15.3 Å². The smallest absolute Gasteiger partial charge is 0.254 e. The zero-order valence-corrected chi connectivity index (χ0v) is 23.0. The summed E-state index contributed by atoms with van der Waals surface area (Å²) in [5.74, 6) is -2.14. The summed E-state index contributed by atoms with van der Waals surface area (Å²) in [6.07, 6.45) is 6.75. The molecule has 3 aliphatic rings. The minimum Gasteiger partial charge on any atom is -0.512 e. The van der Waals surface area contributed by atoms with E-state index in [0.717, 1.165) is 73.0 Å². The zero-order valence-electron chi connectivity index (χ0n) is 23.0. The third kappa shape index (κ3) is 5.50. The summed E-state index contributed by atoms with van der Waals surface area (Å²) in [6.45, 7) is 4.29. The Kier molecular flexibility index (Phi) is 7.14. The average molecular weight is 557 g/mol. The second-order valence-electron chi connectivity index (χ2n) is 11.9. The van der Waals surface area contributed by atoms with Crippen LogP contribution in [0.1, 0.15) is 77.1 Å². The van der Waals surface area contributed by atoms with Crippen molar-refractivity contribution < 1.29 is 23.5 Å². The molecule has 0 spiro atoms. The average Bonchev–Trinajstić information content (AvgIpc) is 3.42. The fourth-order valence-corrected chi connectivity index (χ4v) is 6.56. The fraction of sp³-hybridized carbons (Fsp3) is 0.353. The molecular weight excluding hydrogens is 522 g/mol. The summed E-state index contributed by atoms with van der Waals surface area (Å²) >= 11 is 0. The van der Waals surface area contributed by atoms with Gasteiger partial charge in [-0.1, -0.05) is 55.8 Å². The lowest BCUT2D eigenvalue weighted by atomic mass is 9.83. The van der Waals surface area contributed by atoms with E-state index in [0.29, 0.717) is 18.5 Å². The Morgan fingerprint density at radius 2 is 1.73 bits per heavy atom. The fourth-order valence-electron chi connectivity index (χ4n) is 6.56. The maximum atomic E-state index is 13.7. The van der Waals surface area contributed by atoms with Crippen molar-refractivity contribution in [3.05, 3.63) is 112 Å². The number of fused-ring (bicyclic) bond motifs is 1. The lowest BCUT2D eigenvalue weighted by molar-refractivity contribution is -0.118. The molecule has 2 fully saturated rings. The van der Waals surface area contributed by atoms with Crippen LogP contribution >= 0.6 is 0 Å². The lowest BCUT2D eigenvalue weighted by Gasteiger charge is -2.24. The first-order chi connectivity index (χ1) is 19.7. The number of anilines is 1. The quantitative estimate of drug-likeness (QED) is 0.269. The molecule has 1 aliphatic heterocycles. The molecular formula is C34H34F2N2O3. The molecule has 3 aromatic rings. The van der Waals surface area contributed by atoms with Gasteiger partial charge in [0.05, 0.1) is 11.7 Å². The van der Waals surface area contributed by atoms with Crippen molar-refractivity contribution >= 4 is 17.5 Å². The van der Waals surface area contributed by atoms with Crippen molar-refractivity contribution in [2.75, 3.05) is 5.32 Å². The Labute approximate surface area is 238 Å². The number of hydrogen-bond donors (Lipinski definition) is 2. The molecule has 6 rings (SSSR count). The predicted molar refractivity (Wildman–Crippen MR) is 153 cm³/mol. The Morgan fingerprint density at radius 1 is 1.02 bits per heavy atom. The number of nitrogens with one attached hydrogen (secondary N) is 1. The van der Waals surface area contributed by atoms with Gasteiger partial charge in [-0.3, -0.25) is 9.59 Å². The summed E-state index contributed by atoms with van der Waals surface area (Å²) in [5.41, 5.74) is 4.08. The van der Waals surface area contributed by atoms with Crippen LogP contribution in [0.15, 0.2) is 73.0 Å². The SMILES string of the molecule is C=C(O)C1(Cc2cccc(NC(=O)C(c3ccc(CN4Cc5cc(F)c(F)cc5C4=O)cc3)C3CCCC3)c2)CC1. The highest BCUT2D eigenvalue weighted by Gasteiger charge is 2.45. The Balaban J connectivity index is 1.16. The van der Waals surface area contributed by atoms with Crippen LogP contribution in [0.25, 0.3) is 0 Å². The van der Waals surface area contributed by atoms with E-state index < -0.39 is 11.6 Å².